The van der Waals surface area contributed by atoms with Crippen LogP contribution in [0.3, 0.4) is 0 Å². The van der Waals surface area contributed by atoms with E-state index in [9.17, 15) is 0 Å². The number of aromatic amines is 1. The van der Waals surface area contributed by atoms with Crippen molar-refractivity contribution >= 4 is 22.5 Å². The lowest BCUT2D eigenvalue weighted by Gasteiger charge is -2.12. The first kappa shape index (κ1) is 16.5. The summed E-state index contributed by atoms with van der Waals surface area (Å²) >= 11 is 1.70. The van der Waals surface area contributed by atoms with Crippen LogP contribution in [0.5, 0.6) is 17.2 Å². The van der Waals surface area contributed by atoms with Gasteiger partial charge in [0.15, 0.2) is 17.1 Å². The van der Waals surface area contributed by atoms with Gasteiger partial charge in [0, 0.05) is 10.9 Å². The van der Waals surface area contributed by atoms with Crippen molar-refractivity contribution in [3.05, 3.63) is 40.7 Å². The topological polar surface area (TPSA) is 74.2 Å². The Hall–Kier alpha value is -3.00. The van der Waals surface area contributed by atoms with E-state index in [1.807, 2.05) is 16.8 Å². The first-order valence-corrected chi connectivity index (χ1v) is 8.85. The highest BCUT2D eigenvalue weighted by Crippen LogP contribution is 2.39. The van der Waals surface area contributed by atoms with Gasteiger partial charge in [-0.2, -0.15) is 5.10 Å². The molecule has 3 aromatic heterocycles. The number of H-pyrrole nitrogens is 1. The minimum absolute atomic E-state index is 0.605. The fourth-order valence-electron chi connectivity index (χ4n) is 2.85. The van der Waals surface area contributed by atoms with Crippen molar-refractivity contribution in [1.29, 1.82) is 0 Å². The number of aromatic nitrogens is 4. The van der Waals surface area contributed by atoms with E-state index in [2.05, 4.69) is 21.5 Å². The number of fused-ring (bicyclic) bond motifs is 1. The van der Waals surface area contributed by atoms with Crippen molar-refractivity contribution in [3.8, 4) is 28.6 Å². The van der Waals surface area contributed by atoms with Gasteiger partial charge in [0.05, 0.1) is 39.6 Å². The zero-order chi connectivity index (χ0) is 18.1. The summed E-state index contributed by atoms with van der Waals surface area (Å²) in [6.45, 7) is 0.689. The first-order valence-electron chi connectivity index (χ1n) is 7.97. The number of hydrogen-bond donors (Lipinski definition) is 1. The van der Waals surface area contributed by atoms with Gasteiger partial charge in [-0.15, -0.1) is 11.3 Å². The minimum atomic E-state index is 0.605. The lowest BCUT2D eigenvalue weighted by Crippen LogP contribution is -2.00. The van der Waals surface area contributed by atoms with Crippen LogP contribution >= 0.6 is 11.3 Å². The molecule has 0 aliphatic heterocycles. The second-order valence-corrected chi connectivity index (χ2v) is 6.64. The SMILES string of the molecule is COc1cc(OC)c(-c2nc3c(cnn3Cc3cccs3)[nH]2)cc1OC. The van der Waals surface area contributed by atoms with Gasteiger partial charge in [-0.05, 0) is 17.5 Å². The standard InChI is InChI=1S/C18H18N4O3S/c1-23-14-8-16(25-3)15(24-2)7-12(14)17-20-13-9-19-22(18(13)21-17)10-11-5-4-6-26-11/h4-9H,10H2,1-3H3,(H,20,21). The van der Waals surface area contributed by atoms with Gasteiger partial charge in [0.2, 0.25) is 0 Å². The van der Waals surface area contributed by atoms with Crippen LogP contribution in [-0.2, 0) is 6.54 Å². The molecule has 1 N–H and O–H groups in total. The Labute approximate surface area is 154 Å². The lowest BCUT2D eigenvalue weighted by atomic mass is 10.1. The number of hydrogen-bond acceptors (Lipinski definition) is 6. The molecule has 0 atom stereocenters. The van der Waals surface area contributed by atoms with E-state index < -0.39 is 0 Å². The van der Waals surface area contributed by atoms with Gasteiger partial charge in [0.1, 0.15) is 17.1 Å². The Kier molecular flexibility index (Phi) is 4.26. The third-order valence-corrected chi connectivity index (χ3v) is 4.99. The van der Waals surface area contributed by atoms with Crippen molar-refractivity contribution in [2.24, 2.45) is 0 Å². The average Bonchev–Trinajstić information content (AvgIpc) is 3.39. The third kappa shape index (κ3) is 2.78. The van der Waals surface area contributed by atoms with Crippen LogP contribution < -0.4 is 14.2 Å². The van der Waals surface area contributed by atoms with Gasteiger partial charge in [0.25, 0.3) is 0 Å². The molecular weight excluding hydrogens is 352 g/mol. The molecule has 0 aliphatic carbocycles. The minimum Gasteiger partial charge on any atom is -0.496 e. The largest absolute Gasteiger partial charge is 0.496 e. The van der Waals surface area contributed by atoms with Crippen LogP contribution in [0.4, 0.5) is 0 Å². The molecule has 0 fully saturated rings. The molecule has 7 nitrogen and oxygen atoms in total. The van der Waals surface area contributed by atoms with Crippen molar-refractivity contribution in [3.63, 3.8) is 0 Å². The third-order valence-electron chi connectivity index (χ3n) is 4.13. The summed E-state index contributed by atoms with van der Waals surface area (Å²) < 4.78 is 18.1. The van der Waals surface area contributed by atoms with E-state index in [0.29, 0.717) is 29.6 Å². The Bertz CT molecular complexity index is 1040. The molecule has 134 valence electrons. The van der Waals surface area contributed by atoms with Gasteiger partial charge in [-0.1, -0.05) is 6.07 Å². The van der Waals surface area contributed by atoms with E-state index in [1.54, 1.807) is 44.9 Å². The maximum atomic E-state index is 5.51. The summed E-state index contributed by atoms with van der Waals surface area (Å²) in [6, 6.07) is 7.76. The lowest BCUT2D eigenvalue weighted by molar-refractivity contribution is 0.349. The molecular formula is C18H18N4O3S. The van der Waals surface area contributed by atoms with E-state index >= 15 is 0 Å². The molecule has 26 heavy (non-hydrogen) atoms. The molecule has 3 heterocycles. The predicted molar refractivity (Wildman–Crippen MR) is 100 cm³/mol. The van der Waals surface area contributed by atoms with E-state index in [0.717, 1.165) is 16.7 Å². The number of imidazole rings is 1. The molecule has 1 aromatic carbocycles. The summed E-state index contributed by atoms with van der Waals surface area (Å²) in [4.78, 5) is 9.27. The zero-order valence-electron chi connectivity index (χ0n) is 14.6. The number of nitrogens with one attached hydrogen (secondary N) is 1. The summed E-state index contributed by atoms with van der Waals surface area (Å²) in [5, 5.41) is 6.48. The Morgan fingerprint density at radius 1 is 1.08 bits per heavy atom. The molecule has 4 aromatic rings. The molecule has 4 rings (SSSR count). The van der Waals surface area contributed by atoms with Gasteiger partial charge >= 0.3 is 0 Å². The van der Waals surface area contributed by atoms with Crippen LogP contribution in [-0.4, -0.2) is 41.1 Å². The molecule has 0 unspecified atom stereocenters. The van der Waals surface area contributed by atoms with Crippen molar-refractivity contribution in [2.45, 2.75) is 6.54 Å². The fraction of sp³-hybridized carbons (Fsp3) is 0.222. The van der Waals surface area contributed by atoms with Crippen molar-refractivity contribution in [2.75, 3.05) is 21.3 Å². The Morgan fingerprint density at radius 3 is 2.54 bits per heavy atom. The van der Waals surface area contributed by atoms with Crippen molar-refractivity contribution < 1.29 is 14.2 Å². The second kappa shape index (κ2) is 6.72. The first-order chi connectivity index (χ1) is 12.7. The highest BCUT2D eigenvalue weighted by molar-refractivity contribution is 7.09. The highest BCUT2D eigenvalue weighted by Gasteiger charge is 2.18. The van der Waals surface area contributed by atoms with Crippen LogP contribution in [0, 0.1) is 0 Å². The molecule has 8 heteroatoms. The monoisotopic (exact) mass is 370 g/mol. The number of thiophene rings is 1. The Morgan fingerprint density at radius 2 is 1.85 bits per heavy atom. The maximum Gasteiger partial charge on any atom is 0.177 e. The van der Waals surface area contributed by atoms with Crippen LogP contribution in [0.1, 0.15) is 4.88 Å². The Balaban J connectivity index is 1.78. The molecule has 0 spiro atoms. The number of methoxy groups -OCH3 is 3. The fourth-order valence-corrected chi connectivity index (χ4v) is 3.54. The number of nitrogens with zero attached hydrogens (tertiary/aromatic N) is 3. The van der Waals surface area contributed by atoms with Crippen LogP contribution in [0.15, 0.2) is 35.8 Å². The second-order valence-electron chi connectivity index (χ2n) is 5.61. The summed E-state index contributed by atoms with van der Waals surface area (Å²) in [5.41, 5.74) is 2.46. The summed E-state index contributed by atoms with van der Waals surface area (Å²) in [5.74, 6) is 2.56. The zero-order valence-corrected chi connectivity index (χ0v) is 15.5. The quantitative estimate of drug-likeness (QED) is 0.562. The smallest absolute Gasteiger partial charge is 0.177 e. The molecule has 0 amide bonds. The number of benzene rings is 1. The van der Waals surface area contributed by atoms with Gasteiger partial charge in [-0.25, -0.2) is 9.67 Å². The predicted octanol–water partition coefficient (Wildman–Crippen LogP) is 3.56. The molecule has 0 saturated carbocycles. The van der Waals surface area contributed by atoms with E-state index in [4.69, 9.17) is 19.2 Å². The highest BCUT2D eigenvalue weighted by atomic mass is 32.1. The van der Waals surface area contributed by atoms with Gasteiger partial charge in [-0.3, -0.25) is 0 Å². The summed E-state index contributed by atoms with van der Waals surface area (Å²) in [6.07, 6.45) is 1.78. The van der Waals surface area contributed by atoms with Crippen LogP contribution in [0.2, 0.25) is 0 Å². The molecule has 0 radical (unpaired) electrons. The van der Waals surface area contributed by atoms with E-state index in [1.165, 1.54) is 4.88 Å². The number of rotatable bonds is 6. The van der Waals surface area contributed by atoms with E-state index in [-0.39, 0.29) is 0 Å². The molecule has 0 saturated heterocycles. The average molecular weight is 370 g/mol. The molecule has 0 aliphatic rings. The van der Waals surface area contributed by atoms with Crippen LogP contribution in [0.25, 0.3) is 22.6 Å². The van der Waals surface area contributed by atoms with Gasteiger partial charge < -0.3 is 19.2 Å². The number of ether oxygens (including phenoxy) is 3. The normalized spacial score (nSPS) is 11.0. The van der Waals surface area contributed by atoms with Crippen molar-refractivity contribution in [1.82, 2.24) is 19.7 Å². The summed E-state index contributed by atoms with van der Waals surface area (Å²) in [7, 11) is 4.81. The maximum absolute atomic E-state index is 5.51. The molecule has 0 bridgehead atoms.